The zero-order valence-corrected chi connectivity index (χ0v) is 34.0. The van der Waals surface area contributed by atoms with Crippen LogP contribution in [0.1, 0.15) is 175 Å². The summed E-state index contributed by atoms with van der Waals surface area (Å²) in [5.41, 5.74) is 0. The van der Waals surface area contributed by atoms with Crippen LogP contribution in [-0.2, 0) is 28.6 Å². The van der Waals surface area contributed by atoms with Gasteiger partial charge in [0.25, 0.3) is 0 Å². The zero-order chi connectivity index (χ0) is 38.7. The Labute approximate surface area is 325 Å². The lowest BCUT2D eigenvalue weighted by molar-refractivity contribution is -0.166. The molecule has 0 radical (unpaired) electrons. The summed E-state index contributed by atoms with van der Waals surface area (Å²) in [7, 11) is 0. The molecule has 0 N–H and O–H groups in total. The number of hydrogen-bond donors (Lipinski definition) is 0. The molecule has 0 amide bonds. The van der Waals surface area contributed by atoms with E-state index in [1.807, 2.05) is 6.08 Å². The van der Waals surface area contributed by atoms with Crippen LogP contribution in [0.15, 0.2) is 85.1 Å². The number of ether oxygens (including phenoxy) is 3. The van der Waals surface area contributed by atoms with Crippen molar-refractivity contribution in [2.45, 2.75) is 181 Å². The van der Waals surface area contributed by atoms with Gasteiger partial charge in [-0.3, -0.25) is 14.4 Å². The van der Waals surface area contributed by atoms with Gasteiger partial charge >= 0.3 is 17.9 Å². The van der Waals surface area contributed by atoms with Crippen molar-refractivity contribution in [3.63, 3.8) is 0 Å². The maximum atomic E-state index is 12.6. The summed E-state index contributed by atoms with van der Waals surface area (Å²) in [5.74, 6) is -1.13. The number of carbonyl (C=O) groups is 3. The van der Waals surface area contributed by atoms with Gasteiger partial charge < -0.3 is 14.2 Å². The van der Waals surface area contributed by atoms with Crippen LogP contribution in [0.2, 0.25) is 0 Å². The molecule has 300 valence electrons. The SMILES string of the molecule is CC/C=C\C/C=C\C/C=C\CC(=O)OC(COC(=O)CCC/C=C\C/C=C\C/C=C\C/C=C\CCCCC)COC(=O)CCCCCCCCCCC. The molecule has 0 aliphatic rings. The fourth-order valence-electron chi connectivity index (χ4n) is 5.26. The van der Waals surface area contributed by atoms with E-state index < -0.39 is 12.1 Å². The lowest BCUT2D eigenvalue weighted by Gasteiger charge is -2.18. The first-order valence-electron chi connectivity index (χ1n) is 21.1. The summed E-state index contributed by atoms with van der Waals surface area (Å²) in [6.07, 6.45) is 51.8. The Balaban J connectivity index is 4.51. The first-order chi connectivity index (χ1) is 26.0. The van der Waals surface area contributed by atoms with E-state index in [0.29, 0.717) is 12.8 Å². The van der Waals surface area contributed by atoms with E-state index in [1.165, 1.54) is 64.2 Å². The standard InChI is InChI=1S/C47H76O6/c1-4-7-10-13-16-19-20-21-22-23-24-25-26-29-31-34-37-40-46(49)52-43-44(53-47(50)41-38-35-32-28-18-15-12-9-6-3)42-51-45(48)39-36-33-30-27-17-14-11-8-5-2/h9,12,16,18-19,21-22,24-25,28-29,31,35,38,44H,4-8,10-11,13-15,17,20,23,26-27,30,32-34,36-37,39-43H2,1-3H3/b12-9-,19-16-,22-21-,25-24-,28-18-,31-29-,38-35-. The van der Waals surface area contributed by atoms with Gasteiger partial charge in [-0.25, -0.2) is 0 Å². The molecule has 0 aliphatic heterocycles. The molecule has 0 aliphatic carbocycles. The van der Waals surface area contributed by atoms with Crippen LogP contribution in [0, 0.1) is 0 Å². The van der Waals surface area contributed by atoms with Crippen molar-refractivity contribution >= 4 is 17.9 Å². The number of hydrogen-bond acceptors (Lipinski definition) is 6. The lowest BCUT2D eigenvalue weighted by Crippen LogP contribution is -2.30. The Hall–Kier alpha value is -3.41. The molecule has 1 unspecified atom stereocenters. The van der Waals surface area contributed by atoms with Gasteiger partial charge in [-0.15, -0.1) is 0 Å². The van der Waals surface area contributed by atoms with Gasteiger partial charge in [-0.1, -0.05) is 170 Å². The molecule has 0 aromatic heterocycles. The second kappa shape index (κ2) is 41.3. The van der Waals surface area contributed by atoms with Crippen molar-refractivity contribution in [1.29, 1.82) is 0 Å². The Morgan fingerprint density at radius 1 is 0.415 bits per heavy atom. The van der Waals surface area contributed by atoms with E-state index in [4.69, 9.17) is 14.2 Å². The quantitative estimate of drug-likeness (QED) is 0.0276. The van der Waals surface area contributed by atoms with Crippen molar-refractivity contribution in [3.05, 3.63) is 85.1 Å². The van der Waals surface area contributed by atoms with Gasteiger partial charge in [0.05, 0.1) is 6.42 Å². The highest BCUT2D eigenvalue weighted by Gasteiger charge is 2.19. The van der Waals surface area contributed by atoms with E-state index >= 15 is 0 Å². The van der Waals surface area contributed by atoms with E-state index in [-0.39, 0.29) is 38.0 Å². The lowest BCUT2D eigenvalue weighted by atomic mass is 10.1. The second-order valence-electron chi connectivity index (χ2n) is 13.5. The maximum Gasteiger partial charge on any atom is 0.310 e. The minimum Gasteiger partial charge on any atom is -0.462 e. The third-order valence-corrected chi connectivity index (χ3v) is 8.42. The molecule has 0 bridgehead atoms. The van der Waals surface area contributed by atoms with Crippen molar-refractivity contribution < 1.29 is 28.6 Å². The third kappa shape index (κ3) is 39.6. The molecule has 0 rings (SSSR count). The molecule has 0 aromatic rings. The van der Waals surface area contributed by atoms with Crippen LogP contribution in [-0.4, -0.2) is 37.2 Å². The van der Waals surface area contributed by atoms with Crippen LogP contribution >= 0.6 is 0 Å². The number of carbonyl (C=O) groups excluding carboxylic acids is 3. The zero-order valence-electron chi connectivity index (χ0n) is 34.0. The summed E-state index contributed by atoms with van der Waals surface area (Å²) in [6, 6.07) is 0. The number of allylic oxidation sites excluding steroid dienone is 13. The predicted molar refractivity (Wildman–Crippen MR) is 224 cm³/mol. The highest BCUT2D eigenvalue weighted by atomic mass is 16.6. The van der Waals surface area contributed by atoms with Crippen molar-refractivity contribution in [2.75, 3.05) is 13.2 Å². The molecular formula is C47H76O6. The molecule has 6 nitrogen and oxygen atoms in total. The van der Waals surface area contributed by atoms with Gasteiger partial charge in [-0.05, 0) is 70.6 Å². The van der Waals surface area contributed by atoms with E-state index in [9.17, 15) is 14.4 Å². The first-order valence-corrected chi connectivity index (χ1v) is 21.1. The van der Waals surface area contributed by atoms with E-state index in [1.54, 1.807) is 6.08 Å². The summed E-state index contributed by atoms with van der Waals surface area (Å²) >= 11 is 0. The van der Waals surface area contributed by atoms with Crippen LogP contribution in [0.4, 0.5) is 0 Å². The topological polar surface area (TPSA) is 78.9 Å². The monoisotopic (exact) mass is 737 g/mol. The fraction of sp³-hybridized carbons (Fsp3) is 0.638. The van der Waals surface area contributed by atoms with Gasteiger partial charge in [0, 0.05) is 12.8 Å². The van der Waals surface area contributed by atoms with Crippen molar-refractivity contribution in [1.82, 2.24) is 0 Å². The minimum absolute atomic E-state index is 0.0927. The van der Waals surface area contributed by atoms with Crippen LogP contribution < -0.4 is 0 Å². The van der Waals surface area contributed by atoms with Crippen LogP contribution in [0.3, 0.4) is 0 Å². The fourth-order valence-corrected chi connectivity index (χ4v) is 5.26. The summed E-state index contributed by atoms with van der Waals surface area (Å²) in [4.78, 5) is 37.4. The highest BCUT2D eigenvalue weighted by molar-refractivity contribution is 5.72. The molecule has 0 saturated carbocycles. The average molecular weight is 737 g/mol. The molecule has 6 heteroatoms. The van der Waals surface area contributed by atoms with E-state index in [2.05, 4.69) is 93.7 Å². The molecule has 0 heterocycles. The predicted octanol–water partition coefficient (Wildman–Crippen LogP) is 13.3. The maximum absolute atomic E-state index is 12.6. The number of esters is 3. The second-order valence-corrected chi connectivity index (χ2v) is 13.5. The van der Waals surface area contributed by atoms with Crippen molar-refractivity contribution in [3.8, 4) is 0 Å². The Morgan fingerprint density at radius 3 is 1.32 bits per heavy atom. The first kappa shape index (κ1) is 49.6. The Morgan fingerprint density at radius 2 is 0.811 bits per heavy atom. The Bertz CT molecular complexity index is 1080. The molecule has 1 atom stereocenters. The third-order valence-electron chi connectivity index (χ3n) is 8.42. The highest BCUT2D eigenvalue weighted by Crippen LogP contribution is 2.11. The van der Waals surface area contributed by atoms with Crippen LogP contribution in [0.25, 0.3) is 0 Å². The normalized spacial score (nSPS) is 12.9. The molecular weight excluding hydrogens is 661 g/mol. The minimum atomic E-state index is -0.842. The largest absolute Gasteiger partial charge is 0.462 e. The summed E-state index contributed by atoms with van der Waals surface area (Å²) < 4.78 is 16.4. The number of rotatable bonds is 36. The smallest absolute Gasteiger partial charge is 0.310 e. The Kier molecular flexibility index (Phi) is 38.7. The van der Waals surface area contributed by atoms with Gasteiger partial charge in [0.15, 0.2) is 6.10 Å². The summed E-state index contributed by atoms with van der Waals surface area (Å²) in [6.45, 7) is 6.29. The van der Waals surface area contributed by atoms with Gasteiger partial charge in [-0.2, -0.15) is 0 Å². The molecule has 53 heavy (non-hydrogen) atoms. The van der Waals surface area contributed by atoms with Gasteiger partial charge in [0.1, 0.15) is 13.2 Å². The average Bonchev–Trinajstić information content (AvgIpc) is 3.15. The molecule has 0 fully saturated rings. The van der Waals surface area contributed by atoms with Gasteiger partial charge in [0.2, 0.25) is 0 Å². The van der Waals surface area contributed by atoms with Crippen LogP contribution in [0.5, 0.6) is 0 Å². The van der Waals surface area contributed by atoms with E-state index in [0.717, 1.165) is 64.2 Å². The molecule has 0 saturated heterocycles. The molecule has 0 aromatic carbocycles. The van der Waals surface area contributed by atoms with Crippen molar-refractivity contribution in [2.24, 2.45) is 0 Å². The summed E-state index contributed by atoms with van der Waals surface area (Å²) in [5, 5.41) is 0. The number of unbranched alkanes of at least 4 members (excludes halogenated alkanes) is 12. The molecule has 0 spiro atoms.